The van der Waals surface area contributed by atoms with Crippen molar-refractivity contribution in [3.05, 3.63) is 72.9 Å². The van der Waals surface area contributed by atoms with Crippen LogP contribution in [0.25, 0.3) is 22.6 Å². The topological polar surface area (TPSA) is 68.6 Å². The normalized spacial score (nSPS) is 12.1. The smallest absolute Gasteiger partial charge is 0.138 e. The predicted molar refractivity (Wildman–Crippen MR) is 104 cm³/mol. The Morgan fingerprint density at radius 1 is 1.15 bits per heavy atom. The van der Waals surface area contributed by atoms with Gasteiger partial charge in [0, 0.05) is 17.5 Å². The third-order valence-electron chi connectivity index (χ3n) is 4.26. The first-order valence-corrected chi connectivity index (χ1v) is 8.90. The van der Waals surface area contributed by atoms with Gasteiger partial charge >= 0.3 is 0 Å². The highest BCUT2D eigenvalue weighted by Gasteiger charge is 2.19. The predicted octanol–water partition coefficient (Wildman–Crippen LogP) is 4.11. The van der Waals surface area contributed by atoms with Crippen molar-refractivity contribution in [1.82, 2.24) is 24.7 Å². The van der Waals surface area contributed by atoms with Gasteiger partial charge in [-0.3, -0.25) is 10.1 Å². The Balaban J connectivity index is 1.67. The van der Waals surface area contributed by atoms with Crippen molar-refractivity contribution in [3.8, 4) is 28.4 Å². The monoisotopic (exact) mass is 359 g/mol. The first-order valence-electron chi connectivity index (χ1n) is 8.90. The average molecular weight is 359 g/mol. The zero-order valence-corrected chi connectivity index (χ0v) is 15.3. The van der Waals surface area contributed by atoms with Gasteiger partial charge in [0.05, 0.1) is 30.5 Å². The summed E-state index contributed by atoms with van der Waals surface area (Å²) in [4.78, 5) is 8.77. The molecule has 0 aliphatic heterocycles. The summed E-state index contributed by atoms with van der Waals surface area (Å²) in [7, 11) is 0. The van der Waals surface area contributed by atoms with Crippen molar-refractivity contribution in [3.63, 3.8) is 0 Å². The summed E-state index contributed by atoms with van der Waals surface area (Å²) < 4.78 is 8.09. The maximum Gasteiger partial charge on any atom is 0.138 e. The number of rotatable bonds is 6. The number of aromatic amines is 1. The van der Waals surface area contributed by atoms with E-state index in [1.807, 2.05) is 56.6 Å². The molecule has 0 fully saturated rings. The standard InChI is InChI=1S/C21H21N5O/c1-15-11-19(25-24-15)21-20(17-7-4-3-5-8-17)23-14-26(21)13-16(2)27-18-9-6-10-22-12-18/h3-12,14,16H,13H2,1-2H3,(H,24,25)/t16-/m1/s1. The van der Waals surface area contributed by atoms with E-state index < -0.39 is 0 Å². The van der Waals surface area contributed by atoms with Crippen LogP contribution in [0, 0.1) is 6.92 Å². The molecule has 4 aromatic rings. The number of benzene rings is 1. The number of nitrogens with one attached hydrogen (secondary N) is 1. The molecule has 1 atom stereocenters. The third-order valence-corrected chi connectivity index (χ3v) is 4.26. The summed E-state index contributed by atoms with van der Waals surface area (Å²) in [6, 6.07) is 16.0. The zero-order valence-electron chi connectivity index (χ0n) is 15.3. The molecular weight excluding hydrogens is 338 g/mol. The van der Waals surface area contributed by atoms with Gasteiger partial charge in [0.1, 0.15) is 17.5 Å². The maximum atomic E-state index is 5.99. The van der Waals surface area contributed by atoms with Crippen LogP contribution in [0.5, 0.6) is 5.75 Å². The quantitative estimate of drug-likeness (QED) is 0.562. The second-order valence-electron chi connectivity index (χ2n) is 6.51. The minimum absolute atomic E-state index is 0.0502. The van der Waals surface area contributed by atoms with Crippen LogP contribution >= 0.6 is 0 Å². The molecule has 0 amide bonds. The van der Waals surface area contributed by atoms with Crippen LogP contribution in [0.2, 0.25) is 0 Å². The highest BCUT2D eigenvalue weighted by atomic mass is 16.5. The summed E-state index contributed by atoms with van der Waals surface area (Å²) in [6.07, 6.45) is 5.26. The summed E-state index contributed by atoms with van der Waals surface area (Å²) >= 11 is 0. The van der Waals surface area contributed by atoms with E-state index in [2.05, 4.69) is 36.9 Å². The minimum atomic E-state index is -0.0502. The van der Waals surface area contributed by atoms with Crippen molar-refractivity contribution < 1.29 is 4.74 Å². The molecule has 3 aromatic heterocycles. The molecule has 0 spiro atoms. The molecule has 0 aliphatic rings. The van der Waals surface area contributed by atoms with Gasteiger partial charge in [0.25, 0.3) is 0 Å². The minimum Gasteiger partial charge on any atom is -0.487 e. The highest BCUT2D eigenvalue weighted by molar-refractivity contribution is 5.76. The number of imidazole rings is 1. The van der Waals surface area contributed by atoms with Gasteiger partial charge in [-0.2, -0.15) is 5.10 Å². The number of pyridine rings is 1. The maximum absolute atomic E-state index is 5.99. The van der Waals surface area contributed by atoms with Crippen LogP contribution in [-0.4, -0.2) is 30.8 Å². The SMILES string of the molecule is Cc1cc(-c2c(-c3ccccc3)ncn2C[C@@H](C)Oc2cccnc2)n[nH]1. The number of H-pyrrole nitrogens is 1. The lowest BCUT2D eigenvalue weighted by molar-refractivity contribution is 0.199. The second-order valence-corrected chi connectivity index (χ2v) is 6.51. The lowest BCUT2D eigenvalue weighted by Crippen LogP contribution is -2.19. The largest absolute Gasteiger partial charge is 0.487 e. The van der Waals surface area contributed by atoms with E-state index in [-0.39, 0.29) is 6.10 Å². The molecule has 3 heterocycles. The fraction of sp³-hybridized carbons (Fsp3) is 0.190. The molecule has 0 bridgehead atoms. The number of hydrogen-bond donors (Lipinski definition) is 1. The Bertz CT molecular complexity index is 1010. The van der Waals surface area contributed by atoms with Crippen molar-refractivity contribution in [1.29, 1.82) is 0 Å². The first kappa shape index (κ1) is 17.0. The van der Waals surface area contributed by atoms with Gasteiger partial charge in [-0.05, 0) is 32.0 Å². The van der Waals surface area contributed by atoms with Crippen molar-refractivity contribution in [2.75, 3.05) is 0 Å². The first-order chi connectivity index (χ1) is 13.2. The van der Waals surface area contributed by atoms with Crippen LogP contribution in [-0.2, 0) is 6.54 Å². The molecule has 0 aliphatic carbocycles. The molecule has 0 radical (unpaired) electrons. The molecule has 6 nitrogen and oxygen atoms in total. The lowest BCUT2D eigenvalue weighted by Gasteiger charge is -2.16. The van der Waals surface area contributed by atoms with E-state index in [1.54, 1.807) is 12.4 Å². The van der Waals surface area contributed by atoms with Crippen molar-refractivity contribution >= 4 is 0 Å². The second kappa shape index (κ2) is 7.45. The summed E-state index contributed by atoms with van der Waals surface area (Å²) in [5, 5.41) is 7.49. The summed E-state index contributed by atoms with van der Waals surface area (Å²) in [5.41, 5.74) is 4.84. The van der Waals surface area contributed by atoms with Crippen molar-refractivity contribution in [2.45, 2.75) is 26.5 Å². The fourth-order valence-electron chi connectivity index (χ4n) is 3.10. The van der Waals surface area contributed by atoms with Gasteiger partial charge in [0.15, 0.2) is 0 Å². The Labute approximate surface area is 157 Å². The number of aromatic nitrogens is 5. The fourth-order valence-corrected chi connectivity index (χ4v) is 3.10. The molecular formula is C21H21N5O. The summed E-state index contributed by atoms with van der Waals surface area (Å²) in [6.45, 7) is 4.68. The highest BCUT2D eigenvalue weighted by Crippen LogP contribution is 2.30. The van der Waals surface area contributed by atoms with E-state index in [1.165, 1.54) is 0 Å². The molecule has 0 unspecified atom stereocenters. The zero-order chi connectivity index (χ0) is 18.6. The molecule has 0 saturated carbocycles. The molecule has 27 heavy (non-hydrogen) atoms. The number of ether oxygens (including phenoxy) is 1. The van der Waals surface area contributed by atoms with Gasteiger partial charge < -0.3 is 9.30 Å². The van der Waals surface area contributed by atoms with Crippen LogP contribution < -0.4 is 4.74 Å². The van der Waals surface area contributed by atoms with Gasteiger partial charge in [0.2, 0.25) is 0 Å². The Kier molecular flexibility index (Phi) is 4.70. The van der Waals surface area contributed by atoms with Gasteiger partial charge in [-0.25, -0.2) is 4.98 Å². The summed E-state index contributed by atoms with van der Waals surface area (Å²) in [5.74, 6) is 0.755. The van der Waals surface area contributed by atoms with E-state index in [4.69, 9.17) is 4.74 Å². The molecule has 6 heteroatoms. The molecule has 1 N–H and O–H groups in total. The average Bonchev–Trinajstić information content (AvgIpc) is 3.29. The van der Waals surface area contributed by atoms with E-state index in [0.717, 1.165) is 34.1 Å². The number of aryl methyl sites for hydroxylation is 1. The van der Waals surface area contributed by atoms with E-state index in [0.29, 0.717) is 6.54 Å². The Morgan fingerprint density at radius 3 is 2.70 bits per heavy atom. The number of hydrogen-bond acceptors (Lipinski definition) is 4. The lowest BCUT2D eigenvalue weighted by atomic mass is 10.1. The third kappa shape index (κ3) is 3.74. The molecule has 0 saturated heterocycles. The Morgan fingerprint density at radius 2 is 2.00 bits per heavy atom. The van der Waals surface area contributed by atoms with Crippen LogP contribution in [0.4, 0.5) is 0 Å². The molecule has 4 rings (SSSR count). The van der Waals surface area contributed by atoms with Gasteiger partial charge in [-0.15, -0.1) is 0 Å². The van der Waals surface area contributed by atoms with Crippen molar-refractivity contribution in [2.24, 2.45) is 0 Å². The molecule has 136 valence electrons. The van der Waals surface area contributed by atoms with E-state index in [9.17, 15) is 0 Å². The van der Waals surface area contributed by atoms with E-state index >= 15 is 0 Å². The molecule has 1 aromatic carbocycles. The van der Waals surface area contributed by atoms with Gasteiger partial charge in [-0.1, -0.05) is 30.3 Å². The number of nitrogens with zero attached hydrogens (tertiary/aromatic N) is 4. The Hall–Kier alpha value is -3.41. The van der Waals surface area contributed by atoms with Crippen LogP contribution in [0.3, 0.4) is 0 Å². The van der Waals surface area contributed by atoms with Crippen LogP contribution in [0.1, 0.15) is 12.6 Å². The van der Waals surface area contributed by atoms with Crippen LogP contribution in [0.15, 0.2) is 67.3 Å².